The summed E-state index contributed by atoms with van der Waals surface area (Å²) in [6.07, 6.45) is 3.57. The molecule has 98 valence electrons. The third-order valence-corrected chi connectivity index (χ3v) is 4.05. The maximum atomic E-state index is 5.96. The third-order valence-electron chi connectivity index (χ3n) is 4.05. The lowest BCUT2D eigenvalue weighted by Crippen LogP contribution is -2.45. The Hall–Kier alpha value is -0.340. The van der Waals surface area contributed by atoms with Crippen LogP contribution in [-0.2, 0) is 9.47 Å². The molecule has 0 saturated carbocycles. The molecule has 3 unspecified atom stereocenters. The molecule has 1 aliphatic heterocycles. The molecule has 2 aliphatic rings. The minimum atomic E-state index is -0.00243. The lowest BCUT2D eigenvalue weighted by atomic mass is 9.74. The van der Waals surface area contributed by atoms with Crippen LogP contribution in [0, 0.1) is 23.2 Å². The predicted molar refractivity (Wildman–Crippen MR) is 69.7 cm³/mol. The van der Waals surface area contributed by atoms with Crippen molar-refractivity contribution in [1.82, 2.24) is 0 Å². The molecule has 1 aliphatic carbocycles. The largest absolute Gasteiger partial charge is 0.352 e. The maximum absolute atomic E-state index is 5.96. The van der Waals surface area contributed by atoms with Crippen molar-refractivity contribution in [1.29, 1.82) is 0 Å². The molecule has 0 N–H and O–H groups in total. The summed E-state index contributed by atoms with van der Waals surface area (Å²) in [5.74, 6) is 1.72. The zero-order chi connectivity index (χ0) is 12.6. The van der Waals surface area contributed by atoms with Gasteiger partial charge in [0, 0.05) is 11.3 Å². The first-order chi connectivity index (χ1) is 7.89. The molecule has 0 amide bonds. The van der Waals surface area contributed by atoms with Crippen LogP contribution in [0.3, 0.4) is 0 Å². The highest BCUT2D eigenvalue weighted by Gasteiger charge is 2.39. The van der Waals surface area contributed by atoms with Gasteiger partial charge in [0.2, 0.25) is 0 Å². The highest BCUT2D eigenvalue weighted by atomic mass is 16.7. The summed E-state index contributed by atoms with van der Waals surface area (Å²) in [5, 5.41) is 0. The van der Waals surface area contributed by atoms with Crippen LogP contribution in [0.2, 0.25) is 0 Å². The third kappa shape index (κ3) is 2.92. The summed E-state index contributed by atoms with van der Waals surface area (Å²) in [5.41, 5.74) is 1.68. The molecule has 0 aromatic carbocycles. The van der Waals surface area contributed by atoms with Gasteiger partial charge in [-0.15, -0.1) is 0 Å². The molecular formula is C15H26O2. The van der Waals surface area contributed by atoms with Gasteiger partial charge in [-0.25, -0.2) is 0 Å². The highest BCUT2D eigenvalue weighted by molar-refractivity contribution is 5.08. The van der Waals surface area contributed by atoms with Gasteiger partial charge in [-0.05, 0) is 25.2 Å². The second-order valence-electron chi connectivity index (χ2n) is 6.79. The van der Waals surface area contributed by atoms with Crippen molar-refractivity contribution < 1.29 is 9.47 Å². The molecule has 2 rings (SSSR count). The number of hydrogen-bond donors (Lipinski definition) is 0. The molecule has 0 aromatic rings. The molecule has 0 bridgehead atoms. The summed E-state index contributed by atoms with van der Waals surface area (Å²) in [6, 6.07) is 0. The molecule has 2 nitrogen and oxygen atoms in total. The number of allylic oxidation sites excluding steroid dienone is 2. The smallest absolute Gasteiger partial charge is 0.161 e. The average molecular weight is 238 g/mol. The molecule has 17 heavy (non-hydrogen) atoms. The van der Waals surface area contributed by atoms with Crippen LogP contribution in [0.25, 0.3) is 0 Å². The van der Waals surface area contributed by atoms with Gasteiger partial charge in [-0.2, -0.15) is 0 Å². The standard InChI is InChI=1S/C15H26O2/c1-10-6-11(2)13(12(3)7-10)14-16-8-15(4,5)9-17-14/h6,11-14H,7-9H2,1-5H3. The molecule has 2 heteroatoms. The normalized spacial score (nSPS) is 38.9. The summed E-state index contributed by atoms with van der Waals surface area (Å²) in [6.45, 7) is 12.9. The van der Waals surface area contributed by atoms with Crippen molar-refractivity contribution in [3.63, 3.8) is 0 Å². The fraction of sp³-hybridized carbons (Fsp3) is 0.867. The molecule has 1 saturated heterocycles. The molecule has 0 spiro atoms. The topological polar surface area (TPSA) is 18.5 Å². The van der Waals surface area contributed by atoms with Crippen LogP contribution in [0.1, 0.15) is 41.0 Å². The summed E-state index contributed by atoms with van der Waals surface area (Å²) in [4.78, 5) is 0. The lowest BCUT2D eigenvalue weighted by molar-refractivity contribution is -0.254. The van der Waals surface area contributed by atoms with Crippen molar-refractivity contribution in [2.24, 2.45) is 23.2 Å². The number of hydrogen-bond acceptors (Lipinski definition) is 2. The van der Waals surface area contributed by atoms with E-state index in [2.05, 4.69) is 40.7 Å². The van der Waals surface area contributed by atoms with Crippen molar-refractivity contribution in [3.8, 4) is 0 Å². The van der Waals surface area contributed by atoms with E-state index in [-0.39, 0.29) is 11.7 Å². The first kappa shape index (κ1) is 13.1. The Morgan fingerprint density at radius 3 is 2.29 bits per heavy atom. The second-order valence-corrected chi connectivity index (χ2v) is 6.79. The van der Waals surface area contributed by atoms with Crippen LogP contribution >= 0.6 is 0 Å². The minimum absolute atomic E-state index is 0.00243. The quantitative estimate of drug-likeness (QED) is 0.650. The van der Waals surface area contributed by atoms with Crippen molar-refractivity contribution >= 4 is 0 Å². The Morgan fingerprint density at radius 2 is 1.76 bits per heavy atom. The van der Waals surface area contributed by atoms with Gasteiger partial charge < -0.3 is 9.47 Å². The molecule has 1 heterocycles. The van der Waals surface area contributed by atoms with E-state index in [1.807, 2.05) is 0 Å². The summed E-state index contributed by atoms with van der Waals surface area (Å²) >= 11 is 0. The van der Waals surface area contributed by atoms with Gasteiger partial charge >= 0.3 is 0 Å². The SMILES string of the molecule is CC1=CC(C)C(C2OCC(C)(C)CO2)C(C)C1. The van der Waals surface area contributed by atoms with Crippen LogP contribution < -0.4 is 0 Å². The van der Waals surface area contributed by atoms with E-state index < -0.39 is 0 Å². The Bertz CT molecular complexity index is 296. The summed E-state index contributed by atoms with van der Waals surface area (Å²) in [7, 11) is 0. The monoisotopic (exact) mass is 238 g/mol. The van der Waals surface area contributed by atoms with Crippen LogP contribution in [-0.4, -0.2) is 19.5 Å². The van der Waals surface area contributed by atoms with Gasteiger partial charge in [0.15, 0.2) is 6.29 Å². The zero-order valence-corrected chi connectivity index (χ0v) is 11.8. The average Bonchev–Trinajstić information content (AvgIpc) is 2.19. The fourth-order valence-electron chi connectivity index (χ4n) is 3.23. The predicted octanol–water partition coefficient (Wildman–Crippen LogP) is 3.62. The van der Waals surface area contributed by atoms with Gasteiger partial charge in [0.05, 0.1) is 13.2 Å². The maximum Gasteiger partial charge on any atom is 0.161 e. The zero-order valence-electron chi connectivity index (χ0n) is 11.8. The molecule has 0 radical (unpaired) electrons. The first-order valence-electron chi connectivity index (χ1n) is 6.79. The van der Waals surface area contributed by atoms with Crippen molar-refractivity contribution in [3.05, 3.63) is 11.6 Å². The van der Waals surface area contributed by atoms with E-state index in [0.717, 1.165) is 13.2 Å². The van der Waals surface area contributed by atoms with E-state index in [9.17, 15) is 0 Å². The van der Waals surface area contributed by atoms with E-state index in [1.165, 1.54) is 12.0 Å². The van der Waals surface area contributed by atoms with Gasteiger partial charge in [0.1, 0.15) is 0 Å². The number of ether oxygens (including phenoxy) is 2. The Balaban J connectivity index is 2.03. The van der Waals surface area contributed by atoms with Gasteiger partial charge in [-0.1, -0.05) is 39.3 Å². The van der Waals surface area contributed by atoms with E-state index >= 15 is 0 Å². The second kappa shape index (κ2) is 4.74. The van der Waals surface area contributed by atoms with Gasteiger partial charge in [0.25, 0.3) is 0 Å². The first-order valence-corrected chi connectivity index (χ1v) is 6.79. The van der Waals surface area contributed by atoms with Crippen molar-refractivity contribution in [2.75, 3.05) is 13.2 Å². The summed E-state index contributed by atoms with van der Waals surface area (Å²) < 4.78 is 11.9. The molecule has 1 fully saturated rings. The van der Waals surface area contributed by atoms with Crippen LogP contribution in [0.4, 0.5) is 0 Å². The molecule has 3 atom stereocenters. The number of rotatable bonds is 1. The highest BCUT2D eigenvalue weighted by Crippen LogP contribution is 2.39. The fourth-order valence-corrected chi connectivity index (χ4v) is 3.23. The van der Waals surface area contributed by atoms with Crippen LogP contribution in [0.5, 0.6) is 0 Å². The Kier molecular flexibility index (Phi) is 3.65. The van der Waals surface area contributed by atoms with Crippen molar-refractivity contribution in [2.45, 2.75) is 47.3 Å². The van der Waals surface area contributed by atoms with Crippen LogP contribution in [0.15, 0.2) is 11.6 Å². The molecular weight excluding hydrogens is 212 g/mol. The van der Waals surface area contributed by atoms with E-state index in [0.29, 0.717) is 17.8 Å². The minimum Gasteiger partial charge on any atom is -0.352 e. The molecule has 0 aromatic heterocycles. The van der Waals surface area contributed by atoms with Gasteiger partial charge in [-0.3, -0.25) is 0 Å². The van der Waals surface area contributed by atoms with E-state index in [4.69, 9.17) is 9.47 Å². The Labute approximate surface area is 105 Å². The Morgan fingerprint density at radius 1 is 1.18 bits per heavy atom. The lowest BCUT2D eigenvalue weighted by Gasteiger charge is -2.43. The van der Waals surface area contributed by atoms with E-state index in [1.54, 1.807) is 0 Å².